The van der Waals surface area contributed by atoms with Gasteiger partial charge >= 0.3 is 0 Å². The molecule has 4 N–H and O–H groups in total. The first-order valence-electron chi connectivity index (χ1n) is 10.4. The molecular formula is C22H36O5. The fraction of sp³-hybridized carbons (Fsp3) is 0.682. The number of benzene rings is 1. The number of aliphatic hydroxyl groups is 1. The lowest BCUT2D eigenvalue weighted by Gasteiger charge is -2.08. The molecule has 0 saturated carbocycles. The maximum Gasteiger partial charge on any atom is 0.170 e. The van der Waals surface area contributed by atoms with Crippen LogP contribution in [0.1, 0.15) is 101 Å². The summed E-state index contributed by atoms with van der Waals surface area (Å²) in [7, 11) is 0. The second kappa shape index (κ2) is 13.4. The molecule has 1 aromatic rings. The summed E-state index contributed by atoms with van der Waals surface area (Å²) < 4.78 is 0. The van der Waals surface area contributed by atoms with E-state index in [1.54, 1.807) is 0 Å². The van der Waals surface area contributed by atoms with Gasteiger partial charge in [-0.05, 0) is 19.3 Å². The number of carbonyl (C=O) groups is 1. The Morgan fingerprint density at radius 3 is 1.81 bits per heavy atom. The maximum atomic E-state index is 12.1. The number of phenolic OH excluding ortho intramolecular Hbond substituents is 3. The molecule has 0 heterocycles. The number of hydrogen-bond acceptors (Lipinski definition) is 5. The highest BCUT2D eigenvalue weighted by atomic mass is 16.3. The van der Waals surface area contributed by atoms with Crippen LogP contribution in [0.3, 0.4) is 0 Å². The van der Waals surface area contributed by atoms with Gasteiger partial charge in [0.25, 0.3) is 0 Å². The van der Waals surface area contributed by atoms with Crippen molar-refractivity contribution in [2.45, 2.75) is 96.5 Å². The fourth-order valence-electron chi connectivity index (χ4n) is 3.39. The van der Waals surface area contributed by atoms with Gasteiger partial charge in [-0.25, -0.2) is 0 Å². The largest absolute Gasteiger partial charge is 0.508 e. The van der Waals surface area contributed by atoms with Crippen LogP contribution in [0, 0.1) is 0 Å². The molecule has 1 unspecified atom stereocenters. The molecule has 0 aliphatic heterocycles. The van der Waals surface area contributed by atoms with Gasteiger partial charge in [0.1, 0.15) is 22.8 Å². The number of Topliss-reactive ketones (excluding diaryl/α,β-unsaturated/α-hetero) is 1. The van der Waals surface area contributed by atoms with Crippen LogP contribution < -0.4 is 0 Å². The first-order valence-corrected chi connectivity index (χ1v) is 10.4. The van der Waals surface area contributed by atoms with Crippen molar-refractivity contribution in [2.24, 2.45) is 0 Å². The number of unbranched alkanes of at least 4 members (excludes halogenated alkanes) is 8. The summed E-state index contributed by atoms with van der Waals surface area (Å²) in [5.74, 6) is -1.31. The minimum Gasteiger partial charge on any atom is -0.508 e. The van der Waals surface area contributed by atoms with Gasteiger partial charge in [0.05, 0.1) is 6.10 Å². The van der Waals surface area contributed by atoms with Crippen molar-refractivity contribution in [1.29, 1.82) is 0 Å². The second-order valence-corrected chi connectivity index (χ2v) is 7.45. The van der Waals surface area contributed by atoms with Crippen LogP contribution in [0.4, 0.5) is 0 Å². The van der Waals surface area contributed by atoms with Crippen molar-refractivity contribution in [3.8, 4) is 17.2 Å². The Labute approximate surface area is 163 Å². The molecule has 0 aliphatic carbocycles. The first kappa shape index (κ1) is 23.3. The van der Waals surface area contributed by atoms with Crippen LogP contribution in [0.5, 0.6) is 17.2 Å². The maximum absolute atomic E-state index is 12.1. The van der Waals surface area contributed by atoms with Crippen molar-refractivity contribution in [2.75, 3.05) is 0 Å². The van der Waals surface area contributed by atoms with E-state index in [0.717, 1.165) is 63.5 Å². The molecule has 0 spiro atoms. The van der Waals surface area contributed by atoms with Crippen LogP contribution in [0.25, 0.3) is 0 Å². The lowest BCUT2D eigenvalue weighted by Crippen LogP contribution is -2.04. The Bertz CT molecular complexity index is 533. The van der Waals surface area contributed by atoms with Gasteiger partial charge < -0.3 is 20.4 Å². The van der Waals surface area contributed by atoms with Gasteiger partial charge in [0.15, 0.2) is 5.78 Å². The molecule has 5 nitrogen and oxygen atoms in total. The number of ketones is 1. The SMILES string of the molecule is CCCC(O)CCCCCCCCCCCC(=O)c1c(O)cc(O)cc1O. The van der Waals surface area contributed by atoms with Gasteiger partial charge in [-0.2, -0.15) is 0 Å². The van der Waals surface area contributed by atoms with Crippen LogP contribution in [0.15, 0.2) is 12.1 Å². The number of aromatic hydroxyl groups is 3. The van der Waals surface area contributed by atoms with Crippen LogP contribution in [-0.2, 0) is 0 Å². The van der Waals surface area contributed by atoms with Crippen molar-refractivity contribution in [1.82, 2.24) is 0 Å². The summed E-state index contributed by atoms with van der Waals surface area (Å²) in [6, 6.07) is 2.13. The molecule has 5 heteroatoms. The van der Waals surface area contributed by atoms with Crippen molar-refractivity contribution in [3.63, 3.8) is 0 Å². The molecule has 0 amide bonds. The number of hydrogen-bond donors (Lipinski definition) is 4. The van der Waals surface area contributed by atoms with Crippen molar-refractivity contribution < 1.29 is 25.2 Å². The zero-order chi connectivity index (χ0) is 20.1. The molecule has 27 heavy (non-hydrogen) atoms. The normalized spacial score (nSPS) is 12.2. The summed E-state index contributed by atoms with van der Waals surface area (Å²) in [6.07, 6.45) is 12.9. The van der Waals surface area contributed by atoms with E-state index in [0.29, 0.717) is 0 Å². The highest BCUT2D eigenvalue weighted by Crippen LogP contribution is 2.33. The summed E-state index contributed by atoms with van der Waals surface area (Å²) in [4.78, 5) is 12.1. The molecule has 0 fully saturated rings. The second-order valence-electron chi connectivity index (χ2n) is 7.45. The summed E-state index contributed by atoms with van der Waals surface area (Å²) in [5, 5.41) is 38.3. The number of rotatable bonds is 15. The average molecular weight is 381 g/mol. The molecule has 0 aliphatic rings. The highest BCUT2D eigenvalue weighted by Gasteiger charge is 2.17. The highest BCUT2D eigenvalue weighted by molar-refractivity contribution is 6.01. The summed E-state index contributed by atoms with van der Waals surface area (Å²) in [6.45, 7) is 2.10. The number of aliphatic hydroxyl groups excluding tert-OH is 1. The third kappa shape index (κ3) is 9.66. The first-order chi connectivity index (χ1) is 13.0. The zero-order valence-electron chi connectivity index (χ0n) is 16.6. The van der Waals surface area contributed by atoms with E-state index in [9.17, 15) is 25.2 Å². The molecule has 0 saturated heterocycles. The Balaban J connectivity index is 2.03. The smallest absolute Gasteiger partial charge is 0.170 e. The van der Waals surface area contributed by atoms with E-state index < -0.39 is 0 Å². The molecule has 1 aromatic carbocycles. The Kier molecular flexibility index (Phi) is 11.6. The summed E-state index contributed by atoms with van der Waals surface area (Å²) >= 11 is 0. The van der Waals surface area contributed by atoms with Crippen LogP contribution in [0.2, 0.25) is 0 Å². The molecular weight excluding hydrogens is 344 g/mol. The van der Waals surface area contributed by atoms with E-state index in [2.05, 4.69) is 6.92 Å². The van der Waals surface area contributed by atoms with E-state index >= 15 is 0 Å². The lowest BCUT2D eigenvalue weighted by atomic mass is 10.0. The number of carbonyl (C=O) groups excluding carboxylic acids is 1. The topological polar surface area (TPSA) is 98.0 Å². The predicted molar refractivity (Wildman–Crippen MR) is 107 cm³/mol. The van der Waals surface area contributed by atoms with E-state index in [1.807, 2.05) is 0 Å². The van der Waals surface area contributed by atoms with Crippen molar-refractivity contribution >= 4 is 5.78 Å². The van der Waals surface area contributed by atoms with Gasteiger partial charge in [-0.1, -0.05) is 64.7 Å². The lowest BCUT2D eigenvalue weighted by molar-refractivity contribution is 0.0973. The molecule has 0 radical (unpaired) electrons. The zero-order valence-corrected chi connectivity index (χ0v) is 16.6. The van der Waals surface area contributed by atoms with E-state index in [4.69, 9.17) is 0 Å². The third-order valence-corrected chi connectivity index (χ3v) is 4.92. The minimum absolute atomic E-state index is 0.100. The summed E-state index contributed by atoms with van der Waals surface area (Å²) in [5.41, 5.74) is -0.100. The molecule has 0 bridgehead atoms. The molecule has 1 atom stereocenters. The Morgan fingerprint density at radius 2 is 1.30 bits per heavy atom. The van der Waals surface area contributed by atoms with Gasteiger partial charge in [-0.15, -0.1) is 0 Å². The molecule has 1 rings (SSSR count). The van der Waals surface area contributed by atoms with E-state index in [-0.39, 0.29) is 41.1 Å². The quantitative estimate of drug-likeness (QED) is 0.240. The molecule has 154 valence electrons. The Morgan fingerprint density at radius 1 is 0.815 bits per heavy atom. The third-order valence-electron chi connectivity index (χ3n) is 4.92. The van der Waals surface area contributed by atoms with Gasteiger partial charge in [0, 0.05) is 18.6 Å². The van der Waals surface area contributed by atoms with Crippen molar-refractivity contribution in [3.05, 3.63) is 17.7 Å². The van der Waals surface area contributed by atoms with Gasteiger partial charge in [0.2, 0.25) is 0 Å². The van der Waals surface area contributed by atoms with E-state index in [1.165, 1.54) is 25.7 Å². The van der Waals surface area contributed by atoms with Crippen LogP contribution in [-0.4, -0.2) is 32.3 Å². The average Bonchev–Trinajstić information content (AvgIpc) is 2.59. The Hall–Kier alpha value is -1.75. The monoisotopic (exact) mass is 380 g/mol. The predicted octanol–water partition coefficient (Wildman–Crippen LogP) is 5.44. The van der Waals surface area contributed by atoms with Crippen LogP contribution >= 0.6 is 0 Å². The standard InChI is InChI=1S/C22H36O5/c1-2-12-17(23)13-10-8-6-4-3-5-7-9-11-14-19(25)22-20(26)15-18(24)16-21(22)27/h15-17,23-24,26-27H,2-14H2,1H3. The minimum atomic E-state index is -0.375. The fourth-order valence-corrected chi connectivity index (χ4v) is 3.39. The van der Waals surface area contributed by atoms with Gasteiger partial charge in [-0.3, -0.25) is 4.79 Å². The molecule has 0 aromatic heterocycles. The number of phenols is 3.